The van der Waals surface area contributed by atoms with Crippen molar-refractivity contribution in [2.75, 3.05) is 5.32 Å². The van der Waals surface area contributed by atoms with E-state index in [1.165, 1.54) is 5.56 Å². The molecule has 1 rings (SSSR count). The molecule has 1 amide bonds. The molecule has 0 aliphatic carbocycles. The van der Waals surface area contributed by atoms with Crippen molar-refractivity contribution >= 4 is 17.4 Å². The van der Waals surface area contributed by atoms with E-state index in [4.69, 9.17) is 0 Å². The Kier molecular flexibility index (Phi) is 18.6. The van der Waals surface area contributed by atoms with Crippen LogP contribution in [-0.2, 0) is 11.2 Å². The van der Waals surface area contributed by atoms with Crippen LogP contribution in [0.15, 0.2) is 6.20 Å². The largest absolute Gasteiger partial charge is 0.324 e. The Morgan fingerprint density at radius 1 is 0.824 bits per heavy atom. The van der Waals surface area contributed by atoms with E-state index in [0.29, 0.717) is 11.6 Å². The molecule has 0 bridgehead atoms. The lowest BCUT2D eigenvalue weighted by Gasteiger charge is -2.26. The van der Waals surface area contributed by atoms with E-state index in [9.17, 15) is 9.59 Å². The molecule has 0 fully saturated rings. The minimum absolute atomic E-state index is 0.0177. The van der Waals surface area contributed by atoms with Crippen molar-refractivity contribution in [1.29, 1.82) is 0 Å². The third-order valence-corrected chi connectivity index (χ3v) is 6.45. The van der Waals surface area contributed by atoms with E-state index in [2.05, 4.69) is 44.9 Å². The zero-order valence-corrected chi connectivity index (χ0v) is 23.7. The number of carbonyl (C=O) groups excluding carboxylic acids is 2. The number of Topliss-reactive ketones (excluding diaryl/α,β-unsaturated/α-hetero) is 1. The second-order valence-electron chi connectivity index (χ2n) is 9.32. The van der Waals surface area contributed by atoms with Gasteiger partial charge in [0.05, 0.1) is 11.9 Å². The highest BCUT2D eigenvalue weighted by Gasteiger charge is 2.26. The summed E-state index contributed by atoms with van der Waals surface area (Å²) in [6.07, 6.45) is 15.3. The molecule has 1 aromatic rings. The molecule has 0 aliphatic heterocycles. The molecular formula is C30H54N2O2. The molecular weight excluding hydrogens is 420 g/mol. The van der Waals surface area contributed by atoms with Gasteiger partial charge in [-0.1, -0.05) is 99.8 Å². The second kappa shape index (κ2) is 19.6. The molecule has 0 aliphatic rings. The third-order valence-electron chi connectivity index (χ3n) is 6.45. The lowest BCUT2D eigenvalue weighted by Crippen LogP contribution is -2.25. The average molecular weight is 475 g/mol. The molecule has 4 nitrogen and oxygen atoms in total. The number of carbonyl (C=O) groups is 2. The van der Waals surface area contributed by atoms with Crippen LogP contribution in [0, 0.1) is 5.92 Å². The van der Waals surface area contributed by atoms with Crippen molar-refractivity contribution in [1.82, 2.24) is 4.98 Å². The van der Waals surface area contributed by atoms with Crippen molar-refractivity contribution < 1.29 is 9.59 Å². The summed E-state index contributed by atoms with van der Waals surface area (Å²) < 4.78 is 0. The van der Waals surface area contributed by atoms with Crippen LogP contribution in [0.25, 0.3) is 0 Å². The highest BCUT2D eigenvalue weighted by atomic mass is 16.2. The summed E-state index contributed by atoms with van der Waals surface area (Å²) in [6, 6.07) is 0. The fraction of sp³-hybridized carbons (Fsp3) is 0.767. The van der Waals surface area contributed by atoms with Crippen LogP contribution in [0.4, 0.5) is 5.69 Å². The summed E-state index contributed by atoms with van der Waals surface area (Å²) >= 11 is 0. The first-order chi connectivity index (χ1) is 16.4. The normalized spacial score (nSPS) is 11.7. The number of ketones is 1. The van der Waals surface area contributed by atoms with E-state index in [-0.39, 0.29) is 17.6 Å². The number of rotatable bonds is 17. The van der Waals surface area contributed by atoms with Crippen molar-refractivity contribution in [3.8, 4) is 0 Å². The fourth-order valence-corrected chi connectivity index (χ4v) is 4.71. The first-order valence-electron chi connectivity index (χ1n) is 14.3. The molecule has 1 aromatic heterocycles. The molecule has 1 atom stereocenters. The van der Waals surface area contributed by atoms with E-state index < -0.39 is 0 Å². The molecule has 196 valence electrons. The van der Waals surface area contributed by atoms with Crippen LogP contribution in [0.2, 0.25) is 0 Å². The summed E-state index contributed by atoms with van der Waals surface area (Å²) in [5.74, 6) is 0.531. The standard InChI is InChI=1S/C28H48N2O2.C2H6/c1-7-12-17-22(18-13-8-2)26-24(16-11-5)27(21(6)31)29-20-25(26)30-28(32)23(15-10-4)19-14-9-3;1-2/h20,22-23H,7-19H2,1-6H3,(H,30,32);1-2H3. The van der Waals surface area contributed by atoms with Gasteiger partial charge in [-0.3, -0.25) is 14.6 Å². The van der Waals surface area contributed by atoms with Gasteiger partial charge in [-0.2, -0.15) is 0 Å². The summed E-state index contributed by atoms with van der Waals surface area (Å²) in [4.78, 5) is 30.3. The second-order valence-corrected chi connectivity index (χ2v) is 9.32. The highest BCUT2D eigenvalue weighted by molar-refractivity contribution is 5.97. The van der Waals surface area contributed by atoms with Gasteiger partial charge in [-0.15, -0.1) is 0 Å². The quantitative estimate of drug-likeness (QED) is 0.229. The number of nitrogens with zero attached hydrogens (tertiary/aromatic N) is 1. The molecule has 0 radical (unpaired) electrons. The molecule has 1 N–H and O–H groups in total. The van der Waals surface area contributed by atoms with Crippen molar-refractivity contribution in [3.63, 3.8) is 0 Å². The zero-order valence-electron chi connectivity index (χ0n) is 23.7. The Balaban J connectivity index is 0.00000529. The van der Waals surface area contributed by atoms with Crippen molar-refractivity contribution in [2.45, 2.75) is 145 Å². The maximum absolute atomic E-state index is 13.3. The minimum atomic E-state index is 0.0177. The fourth-order valence-electron chi connectivity index (χ4n) is 4.71. The average Bonchev–Trinajstić information content (AvgIpc) is 2.83. The van der Waals surface area contributed by atoms with Crippen LogP contribution in [0.5, 0.6) is 0 Å². The summed E-state index contributed by atoms with van der Waals surface area (Å²) in [7, 11) is 0. The predicted octanol–water partition coefficient (Wildman–Crippen LogP) is 9.27. The molecule has 1 heterocycles. The molecule has 1 unspecified atom stereocenters. The number of pyridine rings is 1. The van der Waals surface area contributed by atoms with Gasteiger partial charge in [0.1, 0.15) is 5.69 Å². The van der Waals surface area contributed by atoms with E-state index >= 15 is 0 Å². The van der Waals surface area contributed by atoms with Crippen LogP contribution < -0.4 is 5.32 Å². The summed E-state index contributed by atoms with van der Waals surface area (Å²) in [5.41, 5.74) is 3.69. The number of aromatic nitrogens is 1. The minimum Gasteiger partial charge on any atom is -0.324 e. The van der Waals surface area contributed by atoms with Gasteiger partial charge in [0.25, 0.3) is 0 Å². The first-order valence-corrected chi connectivity index (χ1v) is 14.3. The monoisotopic (exact) mass is 474 g/mol. The highest BCUT2D eigenvalue weighted by Crippen LogP contribution is 2.37. The van der Waals surface area contributed by atoms with Crippen LogP contribution in [0.3, 0.4) is 0 Å². The van der Waals surface area contributed by atoms with Gasteiger partial charge in [-0.05, 0) is 49.1 Å². The molecule has 4 heteroatoms. The lowest BCUT2D eigenvalue weighted by atomic mass is 9.83. The Hall–Kier alpha value is -1.71. The Bertz CT molecular complexity index is 691. The van der Waals surface area contributed by atoms with Crippen LogP contribution >= 0.6 is 0 Å². The topological polar surface area (TPSA) is 59.1 Å². The van der Waals surface area contributed by atoms with Gasteiger partial charge in [0.15, 0.2) is 5.78 Å². The SMILES string of the molecule is CC.CCCCC(CCC)C(=O)Nc1cnc(C(C)=O)c(CCC)c1C(CCCC)CCCC. The number of anilines is 1. The zero-order chi connectivity index (χ0) is 25.9. The van der Waals surface area contributed by atoms with Crippen molar-refractivity contribution in [2.24, 2.45) is 5.92 Å². The number of hydrogen-bond acceptors (Lipinski definition) is 3. The van der Waals surface area contributed by atoms with E-state index in [1.54, 1.807) is 13.1 Å². The number of nitrogens with one attached hydrogen (secondary N) is 1. The summed E-state index contributed by atoms with van der Waals surface area (Å²) in [6.45, 7) is 16.5. The van der Waals surface area contributed by atoms with Gasteiger partial charge >= 0.3 is 0 Å². The molecule has 0 saturated carbocycles. The molecule has 0 spiro atoms. The van der Waals surface area contributed by atoms with E-state index in [1.807, 2.05) is 13.8 Å². The number of amides is 1. The molecule has 0 saturated heterocycles. The summed E-state index contributed by atoms with van der Waals surface area (Å²) in [5, 5.41) is 3.29. The van der Waals surface area contributed by atoms with Crippen molar-refractivity contribution in [3.05, 3.63) is 23.0 Å². The van der Waals surface area contributed by atoms with Gasteiger partial charge in [-0.25, -0.2) is 0 Å². The number of unbranched alkanes of at least 4 members (excludes halogenated alkanes) is 3. The molecule has 0 aromatic carbocycles. The van der Waals surface area contributed by atoms with E-state index in [0.717, 1.165) is 94.7 Å². The number of hydrogen-bond donors (Lipinski definition) is 1. The Morgan fingerprint density at radius 3 is 1.85 bits per heavy atom. The smallest absolute Gasteiger partial charge is 0.227 e. The lowest BCUT2D eigenvalue weighted by molar-refractivity contribution is -0.120. The maximum atomic E-state index is 13.3. The Labute approximate surface area is 211 Å². The predicted molar refractivity (Wildman–Crippen MR) is 148 cm³/mol. The maximum Gasteiger partial charge on any atom is 0.227 e. The Morgan fingerprint density at radius 2 is 1.38 bits per heavy atom. The first kappa shape index (κ1) is 32.3. The van der Waals surface area contributed by atoms with Gasteiger partial charge < -0.3 is 5.32 Å². The van der Waals surface area contributed by atoms with Gasteiger partial charge in [0.2, 0.25) is 5.91 Å². The molecule has 34 heavy (non-hydrogen) atoms. The van der Waals surface area contributed by atoms with Crippen LogP contribution in [0.1, 0.15) is 160 Å². The van der Waals surface area contributed by atoms with Gasteiger partial charge in [0, 0.05) is 12.8 Å². The van der Waals surface area contributed by atoms with Crippen LogP contribution in [-0.4, -0.2) is 16.7 Å². The third kappa shape index (κ3) is 10.7.